The van der Waals surface area contributed by atoms with Crippen LogP contribution in [0.2, 0.25) is 0 Å². The number of carbonyl (C=O) groups excluding carboxylic acids is 2. The van der Waals surface area contributed by atoms with E-state index in [4.69, 9.17) is 10.5 Å². The van der Waals surface area contributed by atoms with E-state index in [0.29, 0.717) is 31.7 Å². The van der Waals surface area contributed by atoms with E-state index in [1.807, 2.05) is 35.2 Å². The van der Waals surface area contributed by atoms with Gasteiger partial charge in [-0.05, 0) is 42.5 Å². The molecule has 2 N–H and O–H groups in total. The third-order valence-electron chi connectivity index (χ3n) is 5.07. The highest BCUT2D eigenvalue weighted by Crippen LogP contribution is 2.18. The van der Waals surface area contributed by atoms with E-state index in [1.165, 1.54) is 12.1 Å². The lowest BCUT2D eigenvalue weighted by Gasteiger charge is -2.32. The van der Waals surface area contributed by atoms with Gasteiger partial charge in [-0.2, -0.15) is 0 Å². The molecule has 28 heavy (non-hydrogen) atoms. The number of benzene rings is 2. The number of aryl methyl sites for hydroxylation is 1. The molecule has 5 nitrogen and oxygen atoms in total. The van der Waals surface area contributed by atoms with Crippen LogP contribution in [-0.4, -0.2) is 35.9 Å². The zero-order valence-electron chi connectivity index (χ0n) is 15.8. The minimum Gasteiger partial charge on any atom is -0.373 e. The third-order valence-corrected chi connectivity index (χ3v) is 5.07. The molecule has 0 bridgehead atoms. The maximum atomic E-state index is 13.3. The molecule has 1 aliphatic rings. The van der Waals surface area contributed by atoms with Crippen molar-refractivity contribution in [1.29, 1.82) is 0 Å². The van der Waals surface area contributed by atoms with Crippen LogP contribution in [0.4, 0.5) is 4.39 Å². The van der Waals surface area contributed by atoms with E-state index >= 15 is 0 Å². The lowest BCUT2D eigenvalue weighted by Crippen LogP contribution is -2.41. The summed E-state index contributed by atoms with van der Waals surface area (Å²) >= 11 is 0. The highest BCUT2D eigenvalue weighted by atomic mass is 19.1. The molecule has 3 rings (SSSR count). The van der Waals surface area contributed by atoms with Crippen LogP contribution in [0.25, 0.3) is 0 Å². The van der Waals surface area contributed by atoms with Gasteiger partial charge in [0, 0.05) is 25.1 Å². The summed E-state index contributed by atoms with van der Waals surface area (Å²) in [6.45, 7) is 1.90. The fourth-order valence-corrected chi connectivity index (χ4v) is 3.46. The summed E-state index contributed by atoms with van der Waals surface area (Å²) in [6, 6.07) is 14.0. The Hall–Kier alpha value is -2.73. The highest BCUT2D eigenvalue weighted by Gasteiger charge is 2.23. The van der Waals surface area contributed by atoms with E-state index in [9.17, 15) is 14.0 Å². The van der Waals surface area contributed by atoms with Crippen molar-refractivity contribution in [2.45, 2.75) is 38.4 Å². The second kappa shape index (κ2) is 9.46. The number of likely N-dealkylation sites (tertiary alicyclic amines) is 1. The Morgan fingerprint density at radius 3 is 2.50 bits per heavy atom. The second-order valence-electron chi connectivity index (χ2n) is 7.04. The van der Waals surface area contributed by atoms with Crippen LogP contribution in [0.5, 0.6) is 0 Å². The van der Waals surface area contributed by atoms with Crippen molar-refractivity contribution in [1.82, 2.24) is 4.90 Å². The summed E-state index contributed by atoms with van der Waals surface area (Å²) in [5.41, 5.74) is 7.19. The number of ether oxygens (including phenoxy) is 1. The maximum absolute atomic E-state index is 13.3. The van der Waals surface area contributed by atoms with Crippen molar-refractivity contribution >= 4 is 11.8 Å². The first-order chi connectivity index (χ1) is 13.5. The average molecular weight is 384 g/mol. The molecule has 1 saturated heterocycles. The fraction of sp³-hybridized carbons (Fsp3) is 0.364. The fourth-order valence-electron chi connectivity index (χ4n) is 3.46. The minimum atomic E-state index is -0.682. The Morgan fingerprint density at radius 1 is 1.11 bits per heavy atom. The van der Waals surface area contributed by atoms with Crippen LogP contribution in [-0.2, 0) is 22.6 Å². The van der Waals surface area contributed by atoms with Gasteiger partial charge in [0.05, 0.1) is 12.7 Å². The summed E-state index contributed by atoms with van der Waals surface area (Å²) in [5.74, 6) is -1.17. The lowest BCUT2D eigenvalue weighted by atomic mass is 10.0. The molecule has 0 atom stereocenters. The van der Waals surface area contributed by atoms with Crippen molar-refractivity contribution in [3.63, 3.8) is 0 Å². The molecule has 2 aromatic rings. The van der Waals surface area contributed by atoms with Crippen molar-refractivity contribution in [2.24, 2.45) is 5.73 Å². The van der Waals surface area contributed by atoms with Crippen LogP contribution < -0.4 is 5.73 Å². The molecule has 0 unspecified atom stereocenters. The van der Waals surface area contributed by atoms with Gasteiger partial charge in [0.2, 0.25) is 11.8 Å². The number of halogens is 1. The molecule has 0 aromatic heterocycles. The van der Waals surface area contributed by atoms with E-state index in [2.05, 4.69) is 0 Å². The summed E-state index contributed by atoms with van der Waals surface area (Å²) in [6.07, 6.45) is 2.40. The summed E-state index contributed by atoms with van der Waals surface area (Å²) < 4.78 is 19.3. The minimum absolute atomic E-state index is 0.0289. The number of rotatable bonds is 7. The molecular weight excluding hydrogens is 359 g/mol. The van der Waals surface area contributed by atoms with Gasteiger partial charge in [-0.3, -0.25) is 9.59 Å². The molecule has 0 spiro atoms. The van der Waals surface area contributed by atoms with E-state index in [-0.39, 0.29) is 24.0 Å². The summed E-state index contributed by atoms with van der Waals surface area (Å²) in [7, 11) is 0. The monoisotopic (exact) mass is 384 g/mol. The number of carbonyl (C=O) groups is 2. The number of primary amides is 1. The Labute approximate surface area is 164 Å². The van der Waals surface area contributed by atoms with Crippen LogP contribution in [0, 0.1) is 5.82 Å². The van der Waals surface area contributed by atoms with Crippen molar-refractivity contribution in [3.8, 4) is 0 Å². The van der Waals surface area contributed by atoms with Crippen molar-refractivity contribution < 1.29 is 18.7 Å². The Bertz CT molecular complexity index is 818. The number of nitrogens with two attached hydrogens (primary N) is 1. The SMILES string of the molecule is NC(=O)c1cc(F)ccc1CCC(=O)N1CCC(OCc2ccccc2)CC1. The molecule has 2 amide bonds. The third kappa shape index (κ3) is 5.39. The smallest absolute Gasteiger partial charge is 0.249 e. The number of amides is 2. The van der Waals surface area contributed by atoms with Gasteiger partial charge in [0.15, 0.2) is 0 Å². The number of nitrogens with zero attached hydrogens (tertiary/aromatic N) is 1. The lowest BCUT2D eigenvalue weighted by molar-refractivity contribution is -0.134. The number of hydrogen-bond donors (Lipinski definition) is 1. The first kappa shape index (κ1) is 20.0. The number of piperidine rings is 1. The zero-order chi connectivity index (χ0) is 19.9. The molecule has 1 fully saturated rings. The van der Waals surface area contributed by atoms with Crippen molar-refractivity contribution in [3.05, 3.63) is 71.0 Å². The molecule has 0 saturated carbocycles. The normalized spacial score (nSPS) is 14.8. The van der Waals surface area contributed by atoms with Gasteiger partial charge in [-0.15, -0.1) is 0 Å². The van der Waals surface area contributed by atoms with Gasteiger partial charge in [-0.1, -0.05) is 36.4 Å². The Kier molecular flexibility index (Phi) is 6.76. The summed E-state index contributed by atoms with van der Waals surface area (Å²) in [4.78, 5) is 25.8. The predicted octanol–water partition coefficient (Wildman–Crippen LogP) is 3.07. The van der Waals surface area contributed by atoms with Gasteiger partial charge in [0.1, 0.15) is 5.82 Å². The zero-order valence-corrected chi connectivity index (χ0v) is 15.8. The predicted molar refractivity (Wildman–Crippen MR) is 104 cm³/mol. The van der Waals surface area contributed by atoms with Gasteiger partial charge in [-0.25, -0.2) is 4.39 Å². The van der Waals surface area contributed by atoms with Crippen LogP contribution in [0.3, 0.4) is 0 Å². The van der Waals surface area contributed by atoms with E-state index in [0.717, 1.165) is 24.5 Å². The van der Waals surface area contributed by atoms with Crippen LogP contribution in [0.15, 0.2) is 48.5 Å². The first-order valence-electron chi connectivity index (χ1n) is 9.54. The molecular formula is C22H25FN2O3. The Morgan fingerprint density at radius 2 is 1.82 bits per heavy atom. The molecule has 0 radical (unpaired) electrons. The molecule has 6 heteroatoms. The van der Waals surface area contributed by atoms with E-state index in [1.54, 1.807) is 0 Å². The maximum Gasteiger partial charge on any atom is 0.249 e. The highest BCUT2D eigenvalue weighted by molar-refractivity contribution is 5.94. The van der Waals surface area contributed by atoms with E-state index < -0.39 is 11.7 Å². The average Bonchev–Trinajstić information content (AvgIpc) is 2.72. The largest absolute Gasteiger partial charge is 0.373 e. The molecule has 148 valence electrons. The quantitative estimate of drug-likeness (QED) is 0.797. The molecule has 1 heterocycles. The molecule has 2 aromatic carbocycles. The van der Waals surface area contributed by atoms with Crippen LogP contribution >= 0.6 is 0 Å². The standard InChI is InChI=1S/C22H25FN2O3/c23-18-8-6-17(20(14-18)22(24)27)7-9-21(26)25-12-10-19(11-13-25)28-15-16-4-2-1-3-5-16/h1-6,8,14,19H,7,9-13,15H2,(H2,24,27). The van der Waals surface area contributed by atoms with Gasteiger partial charge < -0.3 is 15.4 Å². The number of hydrogen-bond acceptors (Lipinski definition) is 3. The second-order valence-corrected chi connectivity index (χ2v) is 7.04. The first-order valence-corrected chi connectivity index (χ1v) is 9.54. The molecule has 1 aliphatic heterocycles. The Balaban J connectivity index is 1.45. The van der Waals surface area contributed by atoms with Crippen molar-refractivity contribution in [2.75, 3.05) is 13.1 Å². The summed E-state index contributed by atoms with van der Waals surface area (Å²) in [5, 5.41) is 0. The van der Waals surface area contributed by atoms with Gasteiger partial charge in [0.25, 0.3) is 0 Å². The topological polar surface area (TPSA) is 72.6 Å². The van der Waals surface area contributed by atoms with Gasteiger partial charge >= 0.3 is 0 Å². The molecule has 0 aliphatic carbocycles. The van der Waals surface area contributed by atoms with Crippen LogP contribution in [0.1, 0.15) is 40.7 Å².